The number of hydrogen-bond acceptors (Lipinski definition) is 5. The Kier molecular flexibility index (Phi) is 5.09. The predicted octanol–water partition coefficient (Wildman–Crippen LogP) is 3.48. The van der Waals surface area contributed by atoms with Gasteiger partial charge < -0.3 is 9.80 Å². The Bertz CT molecular complexity index is 795. The second-order valence-electron chi connectivity index (χ2n) is 5.44. The molecule has 3 aromatic rings. The summed E-state index contributed by atoms with van der Waals surface area (Å²) in [4.78, 5) is 27.5. The Morgan fingerprint density at radius 3 is 1.84 bits per heavy atom. The van der Waals surface area contributed by atoms with Crippen LogP contribution < -0.4 is 15.5 Å². The van der Waals surface area contributed by atoms with Crippen molar-refractivity contribution in [2.75, 3.05) is 22.9 Å². The van der Waals surface area contributed by atoms with Crippen LogP contribution in [0.5, 0.6) is 0 Å². The number of hydrogen-bond donors (Lipinski definition) is 1. The zero-order chi connectivity index (χ0) is 17.6. The third kappa shape index (κ3) is 3.68. The van der Waals surface area contributed by atoms with E-state index in [1.165, 1.54) is 0 Å². The van der Waals surface area contributed by atoms with Crippen LogP contribution >= 0.6 is 0 Å². The largest absolute Gasteiger partial charge is 0.351 e. The number of benzene rings is 2. The molecule has 6 heteroatoms. The maximum atomic E-state index is 12.2. The van der Waals surface area contributed by atoms with Crippen LogP contribution in [-0.4, -0.2) is 28.0 Å². The average molecular weight is 335 g/mol. The molecular weight excluding hydrogens is 314 g/mol. The zero-order valence-corrected chi connectivity index (χ0v) is 14.4. The molecule has 2 aromatic carbocycles. The fourth-order valence-electron chi connectivity index (χ4n) is 2.72. The second kappa shape index (κ2) is 7.61. The fraction of sp³-hybridized carbons (Fsp3) is 0.211. The Labute approximate surface area is 146 Å². The summed E-state index contributed by atoms with van der Waals surface area (Å²) in [6, 6.07) is 19.7. The Morgan fingerprint density at radius 1 is 0.800 bits per heavy atom. The smallest absolute Gasteiger partial charge is 0.312 e. The Balaban J connectivity index is 2.04. The number of rotatable bonds is 6. The average Bonchev–Trinajstić information content (AvgIpc) is 2.64. The van der Waals surface area contributed by atoms with Gasteiger partial charge in [-0.2, -0.15) is 9.97 Å². The summed E-state index contributed by atoms with van der Waals surface area (Å²) in [6.45, 7) is 5.35. The third-order valence-corrected chi connectivity index (χ3v) is 3.89. The van der Waals surface area contributed by atoms with Crippen LogP contribution in [0.3, 0.4) is 0 Å². The van der Waals surface area contributed by atoms with E-state index in [-0.39, 0.29) is 0 Å². The number of H-pyrrole nitrogens is 1. The summed E-state index contributed by atoms with van der Waals surface area (Å²) in [7, 11) is 0. The number of aromatic amines is 1. The summed E-state index contributed by atoms with van der Waals surface area (Å²) in [6.07, 6.45) is 0. The van der Waals surface area contributed by atoms with E-state index in [9.17, 15) is 4.79 Å². The lowest BCUT2D eigenvalue weighted by molar-refractivity contribution is 0.860. The summed E-state index contributed by atoms with van der Waals surface area (Å²) in [5.41, 5.74) is 1.50. The topological polar surface area (TPSA) is 65.1 Å². The first kappa shape index (κ1) is 16.7. The van der Waals surface area contributed by atoms with Gasteiger partial charge in [0.2, 0.25) is 11.9 Å². The van der Waals surface area contributed by atoms with Gasteiger partial charge in [0, 0.05) is 24.5 Å². The molecule has 3 rings (SSSR count). The SMILES string of the molecule is CCN(c1ccccc1)c1nc(N(CC)c2ccccc2)[nH]c(=O)n1. The highest BCUT2D eigenvalue weighted by Gasteiger charge is 2.16. The maximum Gasteiger partial charge on any atom is 0.351 e. The maximum absolute atomic E-state index is 12.2. The number of anilines is 4. The van der Waals surface area contributed by atoms with E-state index >= 15 is 0 Å². The Morgan fingerprint density at radius 2 is 1.32 bits per heavy atom. The number of nitrogens with zero attached hydrogens (tertiary/aromatic N) is 4. The molecular formula is C19H21N5O. The molecule has 0 unspecified atom stereocenters. The highest BCUT2D eigenvalue weighted by molar-refractivity contribution is 5.60. The molecule has 25 heavy (non-hydrogen) atoms. The van der Waals surface area contributed by atoms with Crippen LogP contribution in [0, 0.1) is 0 Å². The van der Waals surface area contributed by atoms with Gasteiger partial charge in [-0.15, -0.1) is 0 Å². The number of para-hydroxylation sites is 2. The standard InChI is InChI=1S/C19H21N5O/c1-3-23(15-11-7-5-8-12-15)17-20-18(22-19(25)21-17)24(4-2)16-13-9-6-10-14-16/h5-14H,3-4H2,1-2H3,(H,20,21,22,25). The van der Waals surface area contributed by atoms with Gasteiger partial charge in [0.05, 0.1) is 0 Å². The van der Waals surface area contributed by atoms with E-state index in [1.807, 2.05) is 84.3 Å². The lowest BCUT2D eigenvalue weighted by Crippen LogP contribution is -2.28. The van der Waals surface area contributed by atoms with Crippen LogP contribution in [0.1, 0.15) is 13.8 Å². The van der Waals surface area contributed by atoms with Crippen LogP contribution in [0.25, 0.3) is 0 Å². The number of nitrogens with one attached hydrogen (secondary N) is 1. The van der Waals surface area contributed by atoms with Crippen molar-refractivity contribution in [3.8, 4) is 0 Å². The van der Waals surface area contributed by atoms with Gasteiger partial charge in [-0.1, -0.05) is 36.4 Å². The van der Waals surface area contributed by atoms with Crippen molar-refractivity contribution in [2.45, 2.75) is 13.8 Å². The second-order valence-corrected chi connectivity index (χ2v) is 5.44. The zero-order valence-electron chi connectivity index (χ0n) is 14.4. The predicted molar refractivity (Wildman–Crippen MR) is 101 cm³/mol. The molecule has 0 bridgehead atoms. The van der Waals surface area contributed by atoms with Gasteiger partial charge in [-0.3, -0.25) is 4.98 Å². The van der Waals surface area contributed by atoms with Crippen LogP contribution in [0.15, 0.2) is 65.5 Å². The molecule has 0 atom stereocenters. The molecule has 1 N–H and O–H groups in total. The van der Waals surface area contributed by atoms with E-state index in [4.69, 9.17) is 0 Å². The van der Waals surface area contributed by atoms with Gasteiger partial charge in [0.1, 0.15) is 0 Å². The van der Waals surface area contributed by atoms with Gasteiger partial charge in [-0.05, 0) is 38.1 Å². The highest BCUT2D eigenvalue weighted by Crippen LogP contribution is 2.24. The molecule has 6 nitrogen and oxygen atoms in total. The van der Waals surface area contributed by atoms with Crippen molar-refractivity contribution in [2.24, 2.45) is 0 Å². The minimum Gasteiger partial charge on any atom is -0.312 e. The van der Waals surface area contributed by atoms with E-state index in [0.29, 0.717) is 25.0 Å². The monoisotopic (exact) mass is 335 g/mol. The third-order valence-electron chi connectivity index (χ3n) is 3.89. The summed E-state index contributed by atoms with van der Waals surface area (Å²) in [5.74, 6) is 0.875. The minimum atomic E-state index is -0.413. The van der Waals surface area contributed by atoms with Crippen molar-refractivity contribution in [3.63, 3.8) is 0 Å². The van der Waals surface area contributed by atoms with Crippen molar-refractivity contribution in [1.82, 2.24) is 15.0 Å². The molecule has 0 aliphatic heterocycles. The highest BCUT2D eigenvalue weighted by atomic mass is 16.1. The van der Waals surface area contributed by atoms with E-state index in [0.717, 1.165) is 11.4 Å². The Hall–Kier alpha value is -3.15. The molecule has 128 valence electrons. The molecule has 0 aliphatic rings. The molecule has 0 spiro atoms. The first-order valence-electron chi connectivity index (χ1n) is 8.36. The number of aromatic nitrogens is 3. The van der Waals surface area contributed by atoms with Crippen molar-refractivity contribution < 1.29 is 0 Å². The van der Waals surface area contributed by atoms with Crippen molar-refractivity contribution >= 4 is 23.3 Å². The molecule has 0 saturated carbocycles. The van der Waals surface area contributed by atoms with Crippen LogP contribution in [-0.2, 0) is 0 Å². The summed E-state index contributed by atoms with van der Waals surface area (Å²) >= 11 is 0. The van der Waals surface area contributed by atoms with Gasteiger partial charge in [-0.25, -0.2) is 4.79 Å². The quantitative estimate of drug-likeness (QED) is 0.747. The van der Waals surface area contributed by atoms with Crippen LogP contribution in [0.2, 0.25) is 0 Å². The molecule has 1 aromatic heterocycles. The normalized spacial score (nSPS) is 10.5. The van der Waals surface area contributed by atoms with E-state index < -0.39 is 5.69 Å². The van der Waals surface area contributed by atoms with Crippen LogP contribution in [0.4, 0.5) is 23.3 Å². The lowest BCUT2D eigenvalue weighted by Gasteiger charge is -2.24. The summed E-state index contributed by atoms with van der Waals surface area (Å²) < 4.78 is 0. The van der Waals surface area contributed by atoms with Gasteiger partial charge in [0.15, 0.2) is 0 Å². The molecule has 0 aliphatic carbocycles. The lowest BCUT2D eigenvalue weighted by atomic mass is 10.3. The molecule has 0 saturated heterocycles. The molecule has 0 fully saturated rings. The van der Waals surface area contributed by atoms with E-state index in [1.54, 1.807) is 0 Å². The van der Waals surface area contributed by atoms with E-state index in [2.05, 4.69) is 15.0 Å². The molecule has 0 amide bonds. The minimum absolute atomic E-state index is 0.391. The first-order chi connectivity index (χ1) is 12.2. The first-order valence-corrected chi connectivity index (χ1v) is 8.36. The van der Waals surface area contributed by atoms with Gasteiger partial charge in [0.25, 0.3) is 0 Å². The fourth-order valence-corrected chi connectivity index (χ4v) is 2.72. The summed E-state index contributed by atoms with van der Waals surface area (Å²) in [5, 5.41) is 0. The van der Waals surface area contributed by atoms with Crippen molar-refractivity contribution in [3.05, 3.63) is 71.1 Å². The van der Waals surface area contributed by atoms with Crippen molar-refractivity contribution in [1.29, 1.82) is 0 Å². The molecule has 1 heterocycles. The molecule has 0 radical (unpaired) electrons. The van der Waals surface area contributed by atoms with Gasteiger partial charge >= 0.3 is 5.69 Å².